The van der Waals surface area contributed by atoms with Gasteiger partial charge in [0.2, 0.25) is 0 Å². The molecule has 1 aliphatic heterocycles. The van der Waals surface area contributed by atoms with Crippen molar-refractivity contribution in [2.24, 2.45) is 0 Å². The molecule has 2 aromatic rings. The molecular weight excluding hydrogens is 298 g/mol. The minimum Gasteiger partial charge on any atom is -0.491 e. The van der Waals surface area contributed by atoms with E-state index in [-0.39, 0.29) is 0 Å². The lowest BCUT2D eigenvalue weighted by Gasteiger charge is -2.10. The van der Waals surface area contributed by atoms with Crippen molar-refractivity contribution in [3.05, 3.63) is 50.6 Å². The summed E-state index contributed by atoms with van der Waals surface area (Å²) < 4.78 is 6.81. The lowest BCUT2D eigenvalue weighted by atomic mass is 10.1. The molecule has 0 saturated heterocycles. The van der Waals surface area contributed by atoms with E-state index in [1.807, 2.05) is 12.1 Å². The molecule has 17 heavy (non-hydrogen) atoms. The first-order chi connectivity index (χ1) is 8.33. The van der Waals surface area contributed by atoms with Gasteiger partial charge in [0.25, 0.3) is 0 Å². The minimum absolute atomic E-state index is 0.310. The van der Waals surface area contributed by atoms with E-state index in [4.69, 9.17) is 4.74 Å². The fourth-order valence-electron chi connectivity index (χ4n) is 2.01. The predicted molar refractivity (Wildman–Crippen MR) is 73.5 cm³/mol. The molecule has 1 unspecified atom stereocenters. The van der Waals surface area contributed by atoms with E-state index in [1.165, 1.54) is 14.9 Å². The van der Waals surface area contributed by atoms with Crippen LogP contribution in [0.1, 0.15) is 17.2 Å². The van der Waals surface area contributed by atoms with Crippen LogP contribution in [0, 0.1) is 0 Å². The second-order valence-electron chi connectivity index (χ2n) is 4.04. The van der Waals surface area contributed by atoms with E-state index in [2.05, 4.69) is 44.8 Å². The standard InChI is InChI=1S/C13H12BrNOS/c14-13-5-9(8-17-13)6-15-11-7-16-12-4-2-1-3-10(11)12/h1-5,8,11,15H,6-7H2. The van der Waals surface area contributed by atoms with Crippen molar-refractivity contribution in [3.63, 3.8) is 0 Å². The predicted octanol–water partition coefficient (Wildman–Crippen LogP) is 3.73. The van der Waals surface area contributed by atoms with Gasteiger partial charge in [-0.3, -0.25) is 0 Å². The second-order valence-corrected chi connectivity index (χ2v) is 6.33. The monoisotopic (exact) mass is 309 g/mol. The molecule has 0 spiro atoms. The molecule has 0 bridgehead atoms. The molecule has 1 N–H and O–H groups in total. The molecule has 1 atom stereocenters. The number of fused-ring (bicyclic) bond motifs is 1. The molecular formula is C13H12BrNOS. The molecule has 0 aliphatic carbocycles. The Morgan fingerprint density at radius 3 is 3.12 bits per heavy atom. The zero-order chi connectivity index (χ0) is 11.7. The molecule has 0 saturated carbocycles. The highest BCUT2D eigenvalue weighted by atomic mass is 79.9. The largest absolute Gasteiger partial charge is 0.491 e. The highest BCUT2D eigenvalue weighted by Crippen LogP contribution is 2.32. The number of halogens is 1. The maximum atomic E-state index is 5.64. The van der Waals surface area contributed by atoms with E-state index < -0.39 is 0 Å². The quantitative estimate of drug-likeness (QED) is 0.932. The Labute approximate surface area is 113 Å². The van der Waals surface area contributed by atoms with Crippen molar-refractivity contribution < 1.29 is 4.74 Å². The van der Waals surface area contributed by atoms with Gasteiger partial charge in [0.05, 0.1) is 9.83 Å². The van der Waals surface area contributed by atoms with Crippen LogP contribution in [-0.4, -0.2) is 6.61 Å². The van der Waals surface area contributed by atoms with E-state index in [9.17, 15) is 0 Å². The third-order valence-corrected chi connectivity index (χ3v) is 4.43. The van der Waals surface area contributed by atoms with Crippen molar-refractivity contribution in [2.75, 3.05) is 6.61 Å². The Balaban J connectivity index is 1.68. The number of thiophene rings is 1. The van der Waals surface area contributed by atoms with Crippen LogP contribution in [0.15, 0.2) is 39.5 Å². The highest BCUT2D eigenvalue weighted by molar-refractivity contribution is 9.11. The zero-order valence-electron chi connectivity index (χ0n) is 9.15. The summed E-state index contributed by atoms with van der Waals surface area (Å²) in [5.74, 6) is 1.01. The van der Waals surface area contributed by atoms with Crippen molar-refractivity contribution >= 4 is 27.3 Å². The van der Waals surface area contributed by atoms with Gasteiger partial charge >= 0.3 is 0 Å². The summed E-state index contributed by atoms with van der Waals surface area (Å²) >= 11 is 5.20. The number of hydrogen-bond acceptors (Lipinski definition) is 3. The van der Waals surface area contributed by atoms with Gasteiger partial charge in [-0.2, -0.15) is 0 Å². The number of rotatable bonds is 3. The summed E-state index contributed by atoms with van der Waals surface area (Å²) in [5.41, 5.74) is 2.58. The lowest BCUT2D eigenvalue weighted by Crippen LogP contribution is -2.21. The molecule has 0 radical (unpaired) electrons. The molecule has 1 aromatic carbocycles. The van der Waals surface area contributed by atoms with Crippen LogP contribution in [0.25, 0.3) is 0 Å². The van der Waals surface area contributed by atoms with E-state index in [0.717, 1.165) is 18.9 Å². The summed E-state index contributed by atoms with van der Waals surface area (Å²) in [6, 6.07) is 10.7. The summed E-state index contributed by atoms with van der Waals surface area (Å²) in [4.78, 5) is 0. The molecule has 2 heterocycles. The summed E-state index contributed by atoms with van der Waals surface area (Å²) in [5, 5.41) is 5.69. The van der Waals surface area contributed by atoms with Gasteiger partial charge in [0.1, 0.15) is 12.4 Å². The third kappa shape index (κ3) is 2.39. The zero-order valence-corrected chi connectivity index (χ0v) is 11.6. The molecule has 0 fully saturated rings. The maximum absolute atomic E-state index is 5.64. The third-order valence-electron chi connectivity index (χ3n) is 2.87. The lowest BCUT2D eigenvalue weighted by molar-refractivity contribution is 0.310. The van der Waals surface area contributed by atoms with Crippen molar-refractivity contribution in [3.8, 4) is 5.75 Å². The van der Waals surface area contributed by atoms with E-state index >= 15 is 0 Å². The SMILES string of the molecule is Brc1cc(CNC2COc3ccccc32)cs1. The minimum atomic E-state index is 0.310. The number of hydrogen-bond donors (Lipinski definition) is 1. The molecule has 2 nitrogen and oxygen atoms in total. The number of ether oxygens (including phenoxy) is 1. The summed E-state index contributed by atoms with van der Waals surface area (Å²) in [7, 11) is 0. The van der Waals surface area contributed by atoms with Gasteiger partial charge in [-0.1, -0.05) is 18.2 Å². The van der Waals surface area contributed by atoms with Crippen LogP contribution in [-0.2, 0) is 6.54 Å². The molecule has 88 valence electrons. The first kappa shape index (κ1) is 11.3. The average Bonchev–Trinajstić information content (AvgIpc) is 2.93. The van der Waals surface area contributed by atoms with Crippen LogP contribution in [0.5, 0.6) is 5.75 Å². The van der Waals surface area contributed by atoms with Gasteiger partial charge in [0.15, 0.2) is 0 Å². The number of benzene rings is 1. The normalized spacial score (nSPS) is 17.8. The Kier molecular flexibility index (Phi) is 3.18. The van der Waals surface area contributed by atoms with Crippen LogP contribution in [0.2, 0.25) is 0 Å². The Morgan fingerprint density at radius 2 is 2.29 bits per heavy atom. The van der Waals surface area contributed by atoms with Crippen molar-refractivity contribution in [1.29, 1.82) is 0 Å². The van der Waals surface area contributed by atoms with Crippen LogP contribution in [0.4, 0.5) is 0 Å². The first-order valence-electron chi connectivity index (χ1n) is 5.51. The molecule has 4 heteroatoms. The summed E-state index contributed by atoms with van der Waals surface area (Å²) in [6.45, 7) is 1.61. The molecule has 1 aromatic heterocycles. The number of para-hydroxylation sites is 1. The Hall–Kier alpha value is -0.840. The van der Waals surface area contributed by atoms with E-state index in [1.54, 1.807) is 11.3 Å². The van der Waals surface area contributed by atoms with Gasteiger partial charge in [-0.15, -0.1) is 11.3 Å². The Bertz CT molecular complexity index is 526. The first-order valence-corrected chi connectivity index (χ1v) is 7.18. The fraction of sp³-hybridized carbons (Fsp3) is 0.231. The molecule has 0 amide bonds. The topological polar surface area (TPSA) is 21.3 Å². The molecule has 3 rings (SSSR count). The van der Waals surface area contributed by atoms with Gasteiger partial charge < -0.3 is 10.1 Å². The van der Waals surface area contributed by atoms with Crippen LogP contribution >= 0.6 is 27.3 Å². The van der Waals surface area contributed by atoms with Crippen LogP contribution < -0.4 is 10.1 Å². The van der Waals surface area contributed by atoms with Crippen molar-refractivity contribution in [1.82, 2.24) is 5.32 Å². The molecule has 1 aliphatic rings. The average molecular weight is 310 g/mol. The number of nitrogens with one attached hydrogen (secondary N) is 1. The van der Waals surface area contributed by atoms with Crippen LogP contribution in [0.3, 0.4) is 0 Å². The van der Waals surface area contributed by atoms with Gasteiger partial charge in [-0.25, -0.2) is 0 Å². The highest BCUT2D eigenvalue weighted by Gasteiger charge is 2.22. The van der Waals surface area contributed by atoms with E-state index in [0.29, 0.717) is 6.04 Å². The smallest absolute Gasteiger partial charge is 0.124 e. The van der Waals surface area contributed by atoms with Gasteiger partial charge in [-0.05, 0) is 39.0 Å². The Morgan fingerprint density at radius 1 is 1.41 bits per heavy atom. The van der Waals surface area contributed by atoms with Crippen molar-refractivity contribution in [2.45, 2.75) is 12.6 Å². The fourth-order valence-corrected chi connectivity index (χ4v) is 3.22. The summed E-state index contributed by atoms with van der Waals surface area (Å²) in [6.07, 6.45) is 0. The second kappa shape index (κ2) is 4.80. The maximum Gasteiger partial charge on any atom is 0.124 e. The van der Waals surface area contributed by atoms with Gasteiger partial charge in [0, 0.05) is 12.1 Å².